The van der Waals surface area contributed by atoms with Gasteiger partial charge in [-0.1, -0.05) is 18.0 Å². The van der Waals surface area contributed by atoms with Gasteiger partial charge in [0.25, 0.3) is 0 Å². The molecule has 1 aromatic rings. The van der Waals surface area contributed by atoms with Gasteiger partial charge in [0.15, 0.2) is 0 Å². The molecule has 1 saturated carbocycles. The Balaban J connectivity index is 2.18. The summed E-state index contributed by atoms with van der Waals surface area (Å²) in [6, 6.07) is 0. The molecule has 17 heavy (non-hydrogen) atoms. The summed E-state index contributed by atoms with van der Waals surface area (Å²) < 4.78 is 1.77. The number of aliphatic carboxylic acids is 1. The molecule has 2 unspecified atom stereocenters. The van der Waals surface area contributed by atoms with Gasteiger partial charge in [0.1, 0.15) is 0 Å². The first-order valence-corrected chi connectivity index (χ1v) is 6.29. The average Bonchev–Trinajstić information content (AvgIpc) is 2.80. The summed E-state index contributed by atoms with van der Waals surface area (Å²) in [6.45, 7) is 1.87. The van der Waals surface area contributed by atoms with Crippen LogP contribution < -0.4 is 0 Å². The van der Waals surface area contributed by atoms with Gasteiger partial charge in [0.05, 0.1) is 22.3 Å². The standard InChI is InChI=1S/C12H17ClN2O2/c1-7-11(13)10(15(2)14-7)6-8-4-3-5-9(8)12(16)17/h8-9H,3-6H2,1-2H3,(H,16,17). The number of hydrogen-bond acceptors (Lipinski definition) is 2. The van der Waals surface area contributed by atoms with Crippen molar-refractivity contribution in [1.29, 1.82) is 0 Å². The van der Waals surface area contributed by atoms with E-state index in [-0.39, 0.29) is 11.8 Å². The number of halogens is 1. The molecule has 5 heteroatoms. The highest BCUT2D eigenvalue weighted by molar-refractivity contribution is 6.31. The molecule has 0 saturated heterocycles. The molecule has 94 valence electrons. The zero-order valence-electron chi connectivity index (χ0n) is 10.1. The van der Waals surface area contributed by atoms with Crippen LogP contribution >= 0.6 is 11.6 Å². The van der Waals surface area contributed by atoms with Crippen molar-refractivity contribution in [2.75, 3.05) is 0 Å². The van der Waals surface area contributed by atoms with E-state index in [9.17, 15) is 4.79 Å². The molecule has 4 nitrogen and oxygen atoms in total. The van der Waals surface area contributed by atoms with Crippen molar-refractivity contribution in [2.45, 2.75) is 32.6 Å². The summed E-state index contributed by atoms with van der Waals surface area (Å²) in [7, 11) is 1.86. The normalized spacial score (nSPS) is 24.2. The minimum atomic E-state index is -0.678. The summed E-state index contributed by atoms with van der Waals surface area (Å²) in [5.74, 6) is -0.705. The van der Waals surface area contributed by atoms with Gasteiger partial charge < -0.3 is 5.11 Å². The molecule has 1 N–H and O–H groups in total. The van der Waals surface area contributed by atoms with E-state index in [2.05, 4.69) is 5.10 Å². The molecule has 1 aliphatic carbocycles. The minimum absolute atomic E-state index is 0.194. The summed E-state index contributed by atoms with van der Waals surface area (Å²) in [5, 5.41) is 14.1. The van der Waals surface area contributed by atoms with Crippen LogP contribution in [-0.4, -0.2) is 20.9 Å². The van der Waals surface area contributed by atoms with Gasteiger partial charge >= 0.3 is 5.97 Å². The van der Waals surface area contributed by atoms with E-state index in [0.717, 1.165) is 30.7 Å². The molecule has 0 radical (unpaired) electrons. The van der Waals surface area contributed by atoms with Gasteiger partial charge in [-0.3, -0.25) is 9.48 Å². The zero-order chi connectivity index (χ0) is 12.6. The monoisotopic (exact) mass is 256 g/mol. The fraction of sp³-hybridized carbons (Fsp3) is 0.667. The Morgan fingerprint density at radius 2 is 2.29 bits per heavy atom. The lowest BCUT2D eigenvalue weighted by Crippen LogP contribution is -2.21. The molecule has 0 amide bonds. The highest BCUT2D eigenvalue weighted by Gasteiger charge is 2.34. The number of hydrogen-bond donors (Lipinski definition) is 1. The number of carboxylic acids is 1. The molecule has 0 aliphatic heterocycles. The van der Waals surface area contributed by atoms with E-state index in [4.69, 9.17) is 16.7 Å². The van der Waals surface area contributed by atoms with Gasteiger partial charge in [-0.05, 0) is 32.1 Å². The third kappa shape index (κ3) is 2.32. The smallest absolute Gasteiger partial charge is 0.306 e. The average molecular weight is 257 g/mol. The van der Waals surface area contributed by atoms with Crippen LogP contribution in [0.3, 0.4) is 0 Å². The van der Waals surface area contributed by atoms with Crippen molar-refractivity contribution in [3.63, 3.8) is 0 Å². The van der Waals surface area contributed by atoms with Crippen molar-refractivity contribution in [3.8, 4) is 0 Å². The number of aromatic nitrogens is 2. The van der Waals surface area contributed by atoms with E-state index in [1.807, 2.05) is 14.0 Å². The summed E-state index contributed by atoms with van der Waals surface area (Å²) in [6.07, 6.45) is 3.47. The van der Waals surface area contributed by atoms with E-state index < -0.39 is 5.97 Å². The maximum Gasteiger partial charge on any atom is 0.306 e. The molecule has 0 bridgehead atoms. The Morgan fingerprint density at radius 3 is 2.82 bits per heavy atom. The van der Waals surface area contributed by atoms with Crippen LogP contribution in [0.25, 0.3) is 0 Å². The van der Waals surface area contributed by atoms with Crippen LogP contribution in [0.5, 0.6) is 0 Å². The molecule has 0 aromatic carbocycles. The molecule has 2 rings (SSSR count). The highest BCUT2D eigenvalue weighted by atomic mass is 35.5. The molecule has 1 aromatic heterocycles. The Kier molecular flexibility index (Phi) is 3.43. The van der Waals surface area contributed by atoms with Crippen LogP contribution in [0.4, 0.5) is 0 Å². The van der Waals surface area contributed by atoms with Gasteiger partial charge in [0, 0.05) is 7.05 Å². The van der Waals surface area contributed by atoms with Crippen LogP contribution in [0.15, 0.2) is 0 Å². The molecule has 1 aliphatic rings. The van der Waals surface area contributed by atoms with Crippen LogP contribution in [0.1, 0.15) is 30.7 Å². The third-order valence-corrected chi connectivity index (χ3v) is 4.19. The third-order valence-electron chi connectivity index (χ3n) is 3.69. The molecule has 0 spiro atoms. The van der Waals surface area contributed by atoms with Crippen molar-refractivity contribution < 1.29 is 9.90 Å². The van der Waals surface area contributed by atoms with E-state index in [0.29, 0.717) is 11.4 Å². The SMILES string of the molecule is Cc1nn(C)c(CC2CCCC2C(=O)O)c1Cl. The minimum Gasteiger partial charge on any atom is -0.481 e. The first-order valence-electron chi connectivity index (χ1n) is 5.91. The lowest BCUT2D eigenvalue weighted by molar-refractivity contribution is -0.142. The Morgan fingerprint density at radius 1 is 1.59 bits per heavy atom. The Bertz CT molecular complexity index is 442. The van der Waals surface area contributed by atoms with Gasteiger partial charge in [-0.15, -0.1) is 0 Å². The molecular formula is C12H17ClN2O2. The number of carbonyl (C=O) groups is 1. The number of carboxylic acid groups (broad SMARTS) is 1. The zero-order valence-corrected chi connectivity index (χ0v) is 10.9. The van der Waals surface area contributed by atoms with Crippen molar-refractivity contribution in [3.05, 3.63) is 16.4 Å². The maximum absolute atomic E-state index is 11.1. The number of rotatable bonds is 3. The van der Waals surface area contributed by atoms with Crippen molar-refractivity contribution in [2.24, 2.45) is 18.9 Å². The van der Waals surface area contributed by atoms with E-state index >= 15 is 0 Å². The second-order valence-electron chi connectivity index (χ2n) is 4.81. The lowest BCUT2D eigenvalue weighted by Gasteiger charge is -2.15. The second kappa shape index (κ2) is 4.69. The first kappa shape index (κ1) is 12.4. The molecule has 2 atom stereocenters. The van der Waals surface area contributed by atoms with E-state index in [1.165, 1.54) is 0 Å². The highest BCUT2D eigenvalue weighted by Crippen LogP contribution is 2.36. The largest absolute Gasteiger partial charge is 0.481 e. The predicted octanol–water partition coefficient (Wildman–Crippen LogP) is 2.43. The fourth-order valence-electron chi connectivity index (χ4n) is 2.76. The summed E-state index contributed by atoms with van der Waals surface area (Å²) >= 11 is 6.19. The van der Waals surface area contributed by atoms with Crippen LogP contribution in [0, 0.1) is 18.8 Å². The molecular weight excluding hydrogens is 240 g/mol. The number of nitrogens with zero attached hydrogens (tertiary/aromatic N) is 2. The van der Waals surface area contributed by atoms with Gasteiger partial charge in [-0.2, -0.15) is 5.10 Å². The summed E-state index contributed by atoms with van der Waals surface area (Å²) in [5.41, 5.74) is 1.77. The van der Waals surface area contributed by atoms with Gasteiger partial charge in [-0.25, -0.2) is 0 Å². The topological polar surface area (TPSA) is 55.1 Å². The Labute approximate surface area is 106 Å². The van der Waals surface area contributed by atoms with Gasteiger partial charge in [0.2, 0.25) is 0 Å². The summed E-state index contributed by atoms with van der Waals surface area (Å²) in [4.78, 5) is 11.1. The second-order valence-corrected chi connectivity index (χ2v) is 5.19. The van der Waals surface area contributed by atoms with Crippen LogP contribution in [-0.2, 0) is 18.3 Å². The predicted molar refractivity (Wildman–Crippen MR) is 65.1 cm³/mol. The van der Waals surface area contributed by atoms with Crippen molar-refractivity contribution >= 4 is 17.6 Å². The maximum atomic E-state index is 11.1. The Hall–Kier alpha value is -1.03. The van der Waals surface area contributed by atoms with Crippen LogP contribution in [0.2, 0.25) is 5.02 Å². The van der Waals surface area contributed by atoms with Crippen molar-refractivity contribution in [1.82, 2.24) is 9.78 Å². The first-order chi connectivity index (χ1) is 8.00. The molecule has 1 heterocycles. The molecule has 1 fully saturated rings. The number of aryl methyl sites for hydroxylation is 2. The quantitative estimate of drug-likeness (QED) is 0.904. The fourth-order valence-corrected chi connectivity index (χ4v) is 2.99. The lowest BCUT2D eigenvalue weighted by atomic mass is 9.91. The van der Waals surface area contributed by atoms with E-state index in [1.54, 1.807) is 4.68 Å².